The molecule has 1 aromatic rings. The van der Waals surface area contributed by atoms with Gasteiger partial charge in [0.1, 0.15) is 0 Å². The Balaban J connectivity index is 2.35. The van der Waals surface area contributed by atoms with Crippen molar-refractivity contribution in [2.24, 2.45) is 5.41 Å². The maximum atomic E-state index is 6.29. The Morgan fingerprint density at radius 3 is 2.62 bits per heavy atom. The Bertz CT molecular complexity index is 386. The summed E-state index contributed by atoms with van der Waals surface area (Å²) in [5, 5.41) is 4.87. The van der Waals surface area contributed by atoms with E-state index >= 15 is 0 Å². The van der Waals surface area contributed by atoms with Gasteiger partial charge in [-0.3, -0.25) is 0 Å². The average molecular weight is 258 g/mol. The van der Waals surface area contributed by atoms with Gasteiger partial charge in [0.25, 0.3) is 0 Å². The Kier molecular flexibility index (Phi) is 3.48. The molecule has 1 aromatic carbocycles. The summed E-state index contributed by atoms with van der Waals surface area (Å²) in [4.78, 5) is 0. The van der Waals surface area contributed by atoms with Crippen LogP contribution in [0.15, 0.2) is 18.2 Å². The lowest BCUT2D eigenvalue weighted by molar-refractivity contribution is 0.373. The van der Waals surface area contributed by atoms with Gasteiger partial charge in [-0.1, -0.05) is 49.2 Å². The number of halogens is 2. The monoisotopic (exact) mass is 257 g/mol. The topological polar surface area (TPSA) is 12.0 Å². The van der Waals surface area contributed by atoms with Crippen molar-refractivity contribution in [2.75, 3.05) is 6.54 Å². The zero-order valence-corrected chi connectivity index (χ0v) is 11.2. The summed E-state index contributed by atoms with van der Waals surface area (Å²) in [5.41, 5.74) is 1.49. The summed E-state index contributed by atoms with van der Waals surface area (Å²) < 4.78 is 0. The van der Waals surface area contributed by atoms with Crippen LogP contribution in [0.3, 0.4) is 0 Å². The van der Waals surface area contributed by atoms with E-state index in [4.69, 9.17) is 23.2 Å². The van der Waals surface area contributed by atoms with Crippen molar-refractivity contribution >= 4 is 23.2 Å². The summed E-state index contributed by atoms with van der Waals surface area (Å²) in [6.07, 6.45) is 2.51. The van der Waals surface area contributed by atoms with Gasteiger partial charge < -0.3 is 5.32 Å². The van der Waals surface area contributed by atoms with E-state index in [1.54, 1.807) is 0 Å². The standard InChI is InChI=1S/C13H17Cl2N/c1-3-16-12(13(2)7-8-13)9-5-4-6-10(14)11(9)15/h4-6,12,16H,3,7-8H2,1-2H3. The van der Waals surface area contributed by atoms with Crippen molar-refractivity contribution in [2.45, 2.75) is 32.7 Å². The highest BCUT2D eigenvalue weighted by Gasteiger charge is 2.45. The Morgan fingerprint density at radius 2 is 2.06 bits per heavy atom. The fourth-order valence-corrected chi connectivity index (χ4v) is 2.58. The van der Waals surface area contributed by atoms with E-state index in [-0.39, 0.29) is 0 Å². The maximum Gasteiger partial charge on any atom is 0.0640 e. The first-order valence-electron chi connectivity index (χ1n) is 5.76. The van der Waals surface area contributed by atoms with Crippen LogP contribution in [-0.4, -0.2) is 6.54 Å². The maximum absolute atomic E-state index is 6.29. The van der Waals surface area contributed by atoms with Crippen molar-refractivity contribution in [3.05, 3.63) is 33.8 Å². The number of nitrogens with one attached hydrogen (secondary N) is 1. The van der Waals surface area contributed by atoms with Crippen molar-refractivity contribution in [3.8, 4) is 0 Å². The van der Waals surface area contributed by atoms with Crippen LogP contribution in [0.25, 0.3) is 0 Å². The number of rotatable bonds is 4. The molecular weight excluding hydrogens is 241 g/mol. The van der Waals surface area contributed by atoms with E-state index in [1.807, 2.05) is 12.1 Å². The molecule has 0 heterocycles. The van der Waals surface area contributed by atoms with Gasteiger partial charge in [0.15, 0.2) is 0 Å². The van der Waals surface area contributed by atoms with Crippen LogP contribution < -0.4 is 5.32 Å². The molecule has 16 heavy (non-hydrogen) atoms. The lowest BCUT2D eigenvalue weighted by atomic mass is 9.91. The van der Waals surface area contributed by atoms with Gasteiger partial charge in [-0.05, 0) is 36.4 Å². The predicted octanol–water partition coefficient (Wildman–Crippen LogP) is 4.44. The third kappa shape index (κ3) is 2.22. The first-order valence-corrected chi connectivity index (χ1v) is 6.51. The SMILES string of the molecule is CCNC(c1cccc(Cl)c1Cl)C1(C)CC1. The molecule has 1 saturated carbocycles. The van der Waals surface area contributed by atoms with E-state index < -0.39 is 0 Å². The highest BCUT2D eigenvalue weighted by atomic mass is 35.5. The summed E-state index contributed by atoms with van der Waals surface area (Å²) in [6.45, 7) is 5.37. The third-order valence-electron chi connectivity index (χ3n) is 3.44. The first kappa shape index (κ1) is 12.2. The largest absolute Gasteiger partial charge is 0.310 e. The molecule has 1 N–H and O–H groups in total. The normalized spacial score (nSPS) is 19.5. The molecule has 1 aliphatic rings. The second-order valence-electron chi connectivity index (χ2n) is 4.79. The molecule has 1 fully saturated rings. The van der Waals surface area contributed by atoms with Gasteiger partial charge in [-0.2, -0.15) is 0 Å². The minimum absolute atomic E-state index is 0.323. The van der Waals surface area contributed by atoms with Gasteiger partial charge in [-0.25, -0.2) is 0 Å². The van der Waals surface area contributed by atoms with Crippen molar-refractivity contribution < 1.29 is 0 Å². The van der Waals surface area contributed by atoms with E-state index in [2.05, 4.69) is 25.2 Å². The third-order valence-corrected chi connectivity index (χ3v) is 4.27. The fraction of sp³-hybridized carbons (Fsp3) is 0.538. The molecule has 0 bridgehead atoms. The molecule has 1 nitrogen and oxygen atoms in total. The number of hydrogen-bond acceptors (Lipinski definition) is 1. The molecule has 1 atom stereocenters. The smallest absolute Gasteiger partial charge is 0.0640 e. The first-order chi connectivity index (χ1) is 7.58. The van der Waals surface area contributed by atoms with E-state index in [9.17, 15) is 0 Å². The molecule has 3 heteroatoms. The van der Waals surface area contributed by atoms with E-state index in [1.165, 1.54) is 12.8 Å². The van der Waals surface area contributed by atoms with Gasteiger partial charge in [0.2, 0.25) is 0 Å². The van der Waals surface area contributed by atoms with Crippen LogP contribution in [0.2, 0.25) is 10.0 Å². The van der Waals surface area contributed by atoms with Crippen LogP contribution in [0, 0.1) is 5.41 Å². The summed E-state index contributed by atoms with van der Waals surface area (Å²) >= 11 is 12.4. The zero-order valence-electron chi connectivity index (χ0n) is 9.69. The van der Waals surface area contributed by atoms with Crippen LogP contribution in [-0.2, 0) is 0 Å². The van der Waals surface area contributed by atoms with Gasteiger partial charge in [0.05, 0.1) is 10.0 Å². The summed E-state index contributed by atoms with van der Waals surface area (Å²) in [6, 6.07) is 6.21. The molecule has 1 unspecified atom stereocenters. The second kappa shape index (κ2) is 4.56. The summed E-state index contributed by atoms with van der Waals surface area (Å²) in [5.74, 6) is 0. The molecule has 0 amide bonds. The second-order valence-corrected chi connectivity index (χ2v) is 5.57. The lowest BCUT2D eigenvalue weighted by Gasteiger charge is -2.26. The molecule has 0 saturated heterocycles. The van der Waals surface area contributed by atoms with Crippen LogP contribution in [0.5, 0.6) is 0 Å². The van der Waals surface area contributed by atoms with Gasteiger partial charge in [-0.15, -0.1) is 0 Å². The van der Waals surface area contributed by atoms with Crippen molar-refractivity contribution in [1.29, 1.82) is 0 Å². The molecule has 0 radical (unpaired) electrons. The highest BCUT2D eigenvalue weighted by Crippen LogP contribution is 2.55. The average Bonchev–Trinajstić information content (AvgIpc) is 2.99. The highest BCUT2D eigenvalue weighted by molar-refractivity contribution is 6.42. The number of hydrogen-bond donors (Lipinski definition) is 1. The Hall–Kier alpha value is -0.240. The van der Waals surface area contributed by atoms with Crippen molar-refractivity contribution in [1.82, 2.24) is 5.32 Å². The van der Waals surface area contributed by atoms with Gasteiger partial charge >= 0.3 is 0 Å². The Labute approximate surface area is 107 Å². The predicted molar refractivity (Wildman–Crippen MR) is 70.2 cm³/mol. The molecule has 0 aromatic heterocycles. The Morgan fingerprint density at radius 1 is 1.38 bits per heavy atom. The van der Waals surface area contributed by atoms with E-state index in [0.717, 1.165) is 12.1 Å². The zero-order chi connectivity index (χ0) is 11.8. The van der Waals surface area contributed by atoms with Crippen LogP contribution in [0.4, 0.5) is 0 Å². The van der Waals surface area contributed by atoms with Crippen LogP contribution in [0.1, 0.15) is 38.3 Å². The van der Waals surface area contributed by atoms with E-state index in [0.29, 0.717) is 21.5 Å². The fourth-order valence-electron chi connectivity index (χ4n) is 2.17. The quantitative estimate of drug-likeness (QED) is 0.841. The molecule has 1 aliphatic carbocycles. The molecule has 2 rings (SSSR count). The molecule has 0 spiro atoms. The van der Waals surface area contributed by atoms with Crippen molar-refractivity contribution in [3.63, 3.8) is 0 Å². The van der Waals surface area contributed by atoms with Crippen LogP contribution >= 0.6 is 23.2 Å². The number of benzene rings is 1. The minimum Gasteiger partial charge on any atom is -0.310 e. The van der Waals surface area contributed by atoms with Gasteiger partial charge in [0, 0.05) is 6.04 Å². The lowest BCUT2D eigenvalue weighted by Crippen LogP contribution is -2.28. The molecule has 88 valence electrons. The minimum atomic E-state index is 0.323. The summed E-state index contributed by atoms with van der Waals surface area (Å²) in [7, 11) is 0. The molecular formula is C13H17Cl2N. The molecule has 0 aliphatic heterocycles.